The van der Waals surface area contributed by atoms with E-state index in [2.05, 4.69) is 67.3 Å². The lowest BCUT2D eigenvalue weighted by Crippen LogP contribution is -2.44. The Bertz CT molecular complexity index is 664. The summed E-state index contributed by atoms with van der Waals surface area (Å²) >= 11 is 0. The highest BCUT2D eigenvalue weighted by molar-refractivity contribution is 5.33. The first kappa shape index (κ1) is 19.1. The Morgan fingerprint density at radius 3 is 2.23 bits per heavy atom. The topological polar surface area (TPSA) is 32.7 Å². The molecule has 1 aliphatic rings. The smallest absolute Gasteiger partial charge is 0.0974 e. The summed E-state index contributed by atoms with van der Waals surface area (Å²) in [5.41, 5.74) is 2.63. The minimum atomic E-state index is -0.883. The van der Waals surface area contributed by atoms with Gasteiger partial charge in [0.15, 0.2) is 0 Å². The van der Waals surface area contributed by atoms with Crippen molar-refractivity contribution in [1.82, 2.24) is 4.90 Å². The Hall–Kier alpha value is -1.68. The van der Waals surface area contributed by atoms with Crippen molar-refractivity contribution in [3.05, 3.63) is 71.3 Å². The molecule has 3 rings (SSSR count). The molecule has 0 spiro atoms. The lowest BCUT2D eigenvalue weighted by molar-refractivity contribution is -0.0250. The third-order valence-electron chi connectivity index (χ3n) is 5.72. The molecule has 3 nitrogen and oxygen atoms in total. The maximum atomic E-state index is 11.8. The van der Waals surface area contributed by atoms with E-state index in [1.54, 1.807) is 0 Å². The summed E-state index contributed by atoms with van der Waals surface area (Å²) in [6, 6.07) is 19.0. The van der Waals surface area contributed by atoms with E-state index in [0.717, 1.165) is 44.8 Å². The number of aliphatic hydroxyl groups is 1. The third-order valence-corrected chi connectivity index (χ3v) is 5.72. The molecule has 2 aromatic carbocycles. The minimum absolute atomic E-state index is 0.0271. The maximum Gasteiger partial charge on any atom is 0.0974 e. The van der Waals surface area contributed by atoms with E-state index in [-0.39, 0.29) is 5.92 Å². The summed E-state index contributed by atoms with van der Waals surface area (Å²) < 4.78 is 5.50. The molecule has 0 bridgehead atoms. The van der Waals surface area contributed by atoms with E-state index in [1.807, 2.05) is 6.07 Å². The van der Waals surface area contributed by atoms with Gasteiger partial charge in [-0.3, -0.25) is 4.90 Å². The predicted octanol–water partition coefficient (Wildman–Crippen LogP) is 3.96. The standard InChI is InChI=1S/C23H31NO2/c1-3-19-10-12-21(13-11-19)23(25,4-2)22(20-8-6-5-7-9-20)18-24-14-16-26-17-15-24/h5-13,22,25H,3-4,14-18H2,1-2H3/t22-,23-/m1/s1. The molecule has 0 aliphatic carbocycles. The highest BCUT2D eigenvalue weighted by atomic mass is 16.5. The van der Waals surface area contributed by atoms with Gasteiger partial charge in [0.25, 0.3) is 0 Å². The molecule has 2 atom stereocenters. The summed E-state index contributed by atoms with van der Waals surface area (Å²) in [5, 5.41) is 11.8. The van der Waals surface area contributed by atoms with Crippen molar-refractivity contribution in [2.45, 2.75) is 38.2 Å². The van der Waals surface area contributed by atoms with Gasteiger partial charge in [0, 0.05) is 25.6 Å². The molecule has 1 heterocycles. The van der Waals surface area contributed by atoms with Crippen molar-refractivity contribution in [3.63, 3.8) is 0 Å². The summed E-state index contributed by atoms with van der Waals surface area (Å²) in [6.45, 7) is 8.49. The second-order valence-corrected chi connectivity index (χ2v) is 7.20. The summed E-state index contributed by atoms with van der Waals surface area (Å²) in [4.78, 5) is 2.42. The van der Waals surface area contributed by atoms with Crippen LogP contribution in [0.5, 0.6) is 0 Å². The van der Waals surface area contributed by atoms with E-state index in [0.29, 0.717) is 6.42 Å². The molecule has 0 unspecified atom stereocenters. The van der Waals surface area contributed by atoms with Crippen LogP contribution in [0.2, 0.25) is 0 Å². The number of morpholine rings is 1. The fraction of sp³-hybridized carbons (Fsp3) is 0.478. The number of rotatable bonds is 7. The lowest BCUT2D eigenvalue weighted by Gasteiger charge is -2.40. The Morgan fingerprint density at radius 1 is 1.00 bits per heavy atom. The molecule has 26 heavy (non-hydrogen) atoms. The van der Waals surface area contributed by atoms with Crippen LogP contribution in [0, 0.1) is 0 Å². The SMILES string of the molecule is CCc1ccc([C@](O)(CC)[C@H](CN2CCOCC2)c2ccccc2)cc1. The van der Waals surface area contributed by atoms with Crippen LogP contribution in [0.4, 0.5) is 0 Å². The molecule has 1 aliphatic heterocycles. The second kappa shape index (κ2) is 8.81. The second-order valence-electron chi connectivity index (χ2n) is 7.20. The van der Waals surface area contributed by atoms with Gasteiger partial charge in [0.05, 0.1) is 18.8 Å². The highest BCUT2D eigenvalue weighted by Gasteiger charge is 2.39. The van der Waals surface area contributed by atoms with E-state index < -0.39 is 5.60 Å². The van der Waals surface area contributed by atoms with E-state index in [1.165, 1.54) is 11.1 Å². The molecule has 1 saturated heterocycles. The van der Waals surface area contributed by atoms with Gasteiger partial charge in [-0.05, 0) is 29.5 Å². The monoisotopic (exact) mass is 353 g/mol. The van der Waals surface area contributed by atoms with Crippen molar-refractivity contribution in [3.8, 4) is 0 Å². The number of ether oxygens (including phenoxy) is 1. The first-order valence-corrected chi connectivity index (χ1v) is 9.84. The van der Waals surface area contributed by atoms with Crippen LogP contribution in [0.15, 0.2) is 54.6 Å². The van der Waals surface area contributed by atoms with Crippen molar-refractivity contribution < 1.29 is 9.84 Å². The first-order valence-electron chi connectivity index (χ1n) is 9.84. The molecule has 140 valence electrons. The van der Waals surface area contributed by atoms with Crippen LogP contribution in [-0.2, 0) is 16.8 Å². The summed E-state index contributed by atoms with van der Waals surface area (Å²) in [7, 11) is 0. The number of hydrogen-bond donors (Lipinski definition) is 1. The Morgan fingerprint density at radius 2 is 1.65 bits per heavy atom. The molecule has 3 heteroatoms. The van der Waals surface area contributed by atoms with Crippen LogP contribution in [0.1, 0.15) is 42.9 Å². The van der Waals surface area contributed by atoms with Gasteiger partial charge in [-0.2, -0.15) is 0 Å². The van der Waals surface area contributed by atoms with Crippen molar-refractivity contribution in [1.29, 1.82) is 0 Å². The van der Waals surface area contributed by atoms with Gasteiger partial charge >= 0.3 is 0 Å². The van der Waals surface area contributed by atoms with Crippen LogP contribution in [-0.4, -0.2) is 42.9 Å². The van der Waals surface area contributed by atoms with E-state index >= 15 is 0 Å². The van der Waals surface area contributed by atoms with Crippen LogP contribution >= 0.6 is 0 Å². The molecule has 0 saturated carbocycles. The third kappa shape index (κ3) is 4.17. The van der Waals surface area contributed by atoms with Crippen molar-refractivity contribution >= 4 is 0 Å². The highest BCUT2D eigenvalue weighted by Crippen LogP contribution is 2.40. The van der Waals surface area contributed by atoms with Crippen LogP contribution < -0.4 is 0 Å². The lowest BCUT2D eigenvalue weighted by atomic mass is 9.75. The quantitative estimate of drug-likeness (QED) is 0.818. The molecule has 2 aromatic rings. The molecular weight excluding hydrogens is 322 g/mol. The molecule has 0 radical (unpaired) electrons. The van der Waals surface area contributed by atoms with Gasteiger partial charge in [-0.1, -0.05) is 68.4 Å². The Kier molecular flexibility index (Phi) is 6.47. The summed E-state index contributed by atoms with van der Waals surface area (Å²) in [6.07, 6.45) is 1.70. The van der Waals surface area contributed by atoms with Crippen molar-refractivity contribution in [2.75, 3.05) is 32.8 Å². The summed E-state index contributed by atoms with van der Waals surface area (Å²) in [5.74, 6) is 0.0271. The number of nitrogens with zero attached hydrogens (tertiary/aromatic N) is 1. The molecule has 1 fully saturated rings. The zero-order valence-electron chi connectivity index (χ0n) is 16.0. The van der Waals surface area contributed by atoms with Crippen LogP contribution in [0.3, 0.4) is 0 Å². The van der Waals surface area contributed by atoms with Gasteiger partial charge in [0.2, 0.25) is 0 Å². The Balaban J connectivity index is 1.95. The minimum Gasteiger partial charge on any atom is -0.384 e. The number of benzene rings is 2. The fourth-order valence-corrected chi connectivity index (χ4v) is 3.94. The van der Waals surface area contributed by atoms with E-state index in [9.17, 15) is 5.11 Å². The number of hydrogen-bond acceptors (Lipinski definition) is 3. The zero-order valence-corrected chi connectivity index (χ0v) is 16.0. The van der Waals surface area contributed by atoms with Crippen molar-refractivity contribution in [2.24, 2.45) is 0 Å². The van der Waals surface area contributed by atoms with Gasteiger partial charge < -0.3 is 9.84 Å². The number of aryl methyl sites for hydroxylation is 1. The molecule has 0 amide bonds. The first-order chi connectivity index (χ1) is 12.7. The molecule has 1 N–H and O–H groups in total. The molecular formula is C23H31NO2. The fourth-order valence-electron chi connectivity index (χ4n) is 3.94. The van der Waals surface area contributed by atoms with Gasteiger partial charge in [0.1, 0.15) is 0 Å². The van der Waals surface area contributed by atoms with Crippen LogP contribution in [0.25, 0.3) is 0 Å². The van der Waals surface area contributed by atoms with Gasteiger partial charge in [-0.15, -0.1) is 0 Å². The maximum absolute atomic E-state index is 11.8. The predicted molar refractivity (Wildman–Crippen MR) is 106 cm³/mol. The molecule has 0 aromatic heterocycles. The normalized spacial score (nSPS) is 19.0. The zero-order chi connectivity index (χ0) is 18.4. The Labute approximate surface area is 157 Å². The average molecular weight is 354 g/mol. The van der Waals surface area contributed by atoms with E-state index in [4.69, 9.17) is 4.74 Å². The average Bonchev–Trinajstić information content (AvgIpc) is 2.73. The largest absolute Gasteiger partial charge is 0.384 e. The van der Waals surface area contributed by atoms with Gasteiger partial charge in [-0.25, -0.2) is 0 Å².